The van der Waals surface area contributed by atoms with Crippen LogP contribution in [0.3, 0.4) is 0 Å². The van der Waals surface area contributed by atoms with Crippen molar-refractivity contribution >= 4 is 11.9 Å². The Kier molecular flexibility index (Phi) is 5.76. The predicted molar refractivity (Wildman–Crippen MR) is 78.6 cm³/mol. The SMILES string of the molecule is CCCC(CCCC(=O)O)(C(=O)O)c1ccc(O)c(C)c1. The summed E-state index contributed by atoms with van der Waals surface area (Å²) in [5.41, 5.74) is 0.146. The smallest absolute Gasteiger partial charge is 0.314 e. The number of hydrogen-bond acceptors (Lipinski definition) is 3. The van der Waals surface area contributed by atoms with Gasteiger partial charge in [0, 0.05) is 6.42 Å². The number of phenols is 1. The molecule has 0 saturated heterocycles. The van der Waals surface area contributed by atoms with Crippen LogP contribution in [0.4, 0.5) is 0 Å². The first-order valence-corrected chi connectivity index (χ1v) is 7.08. The van der Waals surface area contributed by atoms with Crippen LogP contribution in [0.1, 0.15) is 50.2 Å². The molecule has 1 aromatic carbocycles. The summed E-state index contributed by atoms with van der Waals surface area (Å²) in [4.78, 5) is 22.5. The molecule has 1 atom stereocenters. The van der Waals surface area contributed by atoms with Crippen LogP contribution < -0.4 is 0 Å². The normalized spacial score (nSPS) is 13.6. The number of aliphatic carboxylic acids is 2. The zero-order valence-corrected chi connectivity index (χ0v) is 12.4. The number of rotatable bonds is 8. The highest BCUT2D eigenvalue weighted by molar-refractivity contribution is 5.81. The average Bonchev–Trinajstić information content (AvgIpc) is 2.40. The molecule has 1 rings (SSSR count). The van der Waals surface area contributed by atoms with Gasteiger partial charge in [-0.2, -0.15) is 0 Å². The second-order valence-corrected chi connectivity index (χ2v) is 5.39. The van der Waals surface area contributed by atoms with Crippen molar-refractivity contribution in [3.05, 3.63) is 29.3 Å². The average molecular weight is 294 g/mol. The van der Waals surface area contributed by atoms with Gasteiger partial charge in [0.25, 0.3) is 0 Å². The summed E-state index contributed by atoms with van der Waals surface area (Å²) in [6.45, 7) is 3.62. The predicted octanol–water partition coefficient (Wildman–Crippen LogP) is 3.08. The lowest BCUT2D eigenvalue weighted by Crippen LogP contribution is -2.36. The van der Waals surface area contributed by atoms with Gasteiger partial charge in [0.15, 0.2) is 0 Å². The zero-order chi connectivity index (χ0) is 16.0. The van der Waals surface area contributed by atoms with Gasteiger partial charge in [-0.25, -0.2) is 0 Å². The number of phenolic OH excluding ortho intramolecular Hbond substituents is 1. The third-order valence-electron chi connectivity index (χ3n) is 3.83. The minimum Gasteiger partial charge on any atom is -0.508 e. The Labute approximate surface area is 124 Å². The lowest BCUT2D eigenvalue weighted by molar-refractivity contribution is -0.145. The van der Waals surface area contributed by atoms with Gasteiger partial charge in [-0.3, -0.25) is 9.59 Å². The summed E-state index contributed by atoms with van der Waals surface area (Å²) in [6, 6.07) is 4.79. The van der Waals surface area contributed by atoms with Gasteiger partial charge in [0.05, 0.1) is 5.41 Å². The Morgan fingerprint density at radius 2 is 1.86 bits per heavy atom. The van der Waals surface area contributed by atoms with E-state index in [1.165, 1.54) is 6.07 Å². The Morgan fingerprint density at radius 3 is 2.33 bits per heavy atom. The number of carbonyl (C=O) groups is 2. The molecule has 5 nitrogen and oxygen atoms in total. The molecule has 1 aromatic rings. The van der Waals surface area contributed by atoms with Crippen LogP contribution in [-0.4, -0.2) is 27.3 Å². The fourth-order valence-corrected chi connectivity index (χ4v) is 2.67. The molecule has 0 aliphatic heterocycles. The molecule has 0 bridgehead atoms. The van der Waals surface area contributed by atoms with Crippen molar-refractivity contribution in [3.8, 4) is 5.75 Å². The number of aromatic hydroxyl groups is 1. The van der Waals surface area contributed by atoms with E-state index in [1.54, 1.807) is 19.1 Å². The molecule has 0 aromatic heterocycles. The van der Waals surface area contributed by atoms with Crippen molar-refractivity contribution in [2.45, 2.75) is 51.4 Å². The lowest BCUT2D eigenvalue weighted by Gasteiger charge is -2.30. The van der Waals surface area contributed by atoms with Crippen LogP contribution >= 0.6 is 0 Å². The monoisotopic (exact) mass is 294 g/mol. The van der Waals surface area contributed by atoms with Gasteiger partial charge < -0.3 is 15.3 Å². The van der Waals surface area contributed by atoms with E-state index >= 15 is 0 Å². The molecule has 0 radical (unpaired) electrons. The number of benzene rings is 1. The Hall–Kier alpha value is -2.04. The molecule has 1 unspecified atom stereocenters. The number of hydrogen-bond donors (Lipinski definition) is 3. The maximum Gasteiger partial charge on any atom is 0.314 e. The summed E-state index contributed by atoms with van der Waals surface area (Å²) < 4.78 is 0. The second-order valence-electron chi connectivity index (χ2n) is 5.39. The molecule has 5 heteroatoms. The first-order valence-electron chi connectivity index (χ1n) is 7.08. The van der Waals surface area contributed by atoms with Crippen LogP contribution in [0.5, 0.6) is 5.75 Å². The molecule has 0 spiro atoms. The lowest BCUT2D eigenvalue weighted by atomic mass is 9.72. The minimum absolute atomic E-state index is 0.0458. The van der Waals surface area contributed by atoms with E-state index in [4.69, 9.17) is 5.11 Å². The topological polar surface area (TPSA) is 94.8 Å². The van der Waals surface area contributed by atoms with Crippen LogP contribution in [0.2, 0.25) is 0 Å². The van der Waals surface area contributed by atoms with E-state index in [1.807, 2.05) is 6.92 Å². The van der Waals surface area contributed by atoms with Crippen LogP contribution in [-0.2, 0) is 15.0 Å². The Bertz CT molecular complexity index is 523. The molecule has 0 saturated carbocycles. The summed E-state index contributed by atoms with van der Waals surface area (Å²) in [6.07, 6.45) is 1.65. The summed E-state index contributed by atoms with van der Waals surface area (Å²) in [5.74, 6) is -1.74. The van der Waals surface area contributed by atoms with Crippen LogP contribution in [0.25, 0.3) is 0 Å². The van der Waals surface area contributed by atoms with E-state index in [2.05, 4.69) is 0 Å². The Morgan fingerprint density at radius 1 is 1.19 bits per heavy atom. The standard InChI is InChI=1S/C16H22O5/c1-3-8-16(15(20)21,9-4-5-14(18)19)12-6-7-13(17)11(2)10-12/h6-7,10,17H,3-5,8-9H2,1-2H3,(H,18,19)(H,20,21). The van der Waals surface area contributed by atoms with Gasteiger partial charge in [-0.1, -0.05) is 25.5 Å². The molecule has 116 valence electrons. The van der Waals surface area contributed by atoms with E-state index in [0.717, 1.165) is 0 Å². The Balaban J connectivity index is 3.17. The fraction of sp³-hybridized carbons (Fsp3) is 0.500. The van der Waals surface area contributed by atoms with Crippen molar-refractivity contribution in [2.75, 3.05) is 0 Å². The van der Waals surface area contributed by atoms with Gasteiger partial charge >= 0.3 is 11.9 Å². The molecular formula is C16H22O5. The van der Waals surface area contributed by atoms with Crippen molar-refractivity contribution < 1.29 is 24.9 Å². The second kappa shape index (κ2) is 7.11. The summed E-state index contributed by atoms with van der Waals surface area (Å²) in [5, 5.41) is 28.1. The molecule has 0 aliphatic rings. The summed E-state index contributed by atoms with van der Waals surface area (Å²) >= 11 is 0. The third-order valence-corrected chi connectivity index (χ3v) is 3.83. The molecule has 0 heterocycles. The third kappa shape index (κ3) is 3.97. The maximum absolute atomic E-state index is 11.9. The number of carboxylic acid groups (broad SMARTS) is 2. The zero-order valence-electron chi connectivity index (χ0n) is 12.4. The fourth-order valence-electron chi connectivity index (χ4n) is 2.67. The van der Waals surface area contributed by atoms with E-state index in [0.29, 0.717) is 30.4 Å². The van der Waals surface area contributed by atoms with Crippen LogP contribution in [0, 0.1) is 6.92 Å². The van der Waals surface area contributed by atoms with E-state index in [-0.39, 0.29) is 18.6 Å². The van der Waals surface area contributed by atoms with Crippen molar-refractivity contribution in [2.24, 2.45) is 0 Å². The quantitative estimate of drug-likeness (QED) is 0.685. The van der Waals surface area contributed by atoms with Crippen molar-refractivity contribution in [1.82, 2.24) is 0 Å². The van der Waals surface area contributed by atoms with E-state index in [9.17, 15) is 19.8 Å². The van der Waals surface area contributed by atoms with Gasteiger partial charge in [0.2, 0.25) is 0 Å². The first-order chi connectivity index (χ1) is 9.83. The highest BCUT2D eigenvalue weighted by Gasteiger charge is 2.39. The largest absolute Gasteiger partial charge is 0.508 e. The van der Waals surface area contributed by atoms with Crippen molar-refractivity contribution in [3.63, 3.8) is 0 Å². The maximum atomic E-state index is 11.9. The molecule has 0 aliphatic carbocycles. The van der Waals surface area contributed by atoms with Gasteiger partial charge in [0.1, 0.15) is 5.75 Å². The number of aryl methyl sites for hydroxylation is 1. The molecule has 0 fully saturated rings. The first kappa shape index (κ1) is 17.0. The van der Waals surface area contributed by atoms with Crippen LogP contribution in [0.15, 0.2) is 18.2 Å². The molecule has 3 N–H and O–H groups in total. The highest BCUT2D eigenvalue weighted by atomic mass is 16.4. The number of carboxylic acids is 2. The molecule has 21 heavy (non-hydrogen) atoms. The van der Waals surface area contributed by atoms with E-state index < -0.39 is 17.4 Å². The molecule has 0 amide bonds. The van der Waals surface area contributed by atoms with Gasteiger partial charge in [-0.15, -0.1) is 0 Å². The summed E-state index contributed by atoms with van der Waals surface area (Å²) in [7, 11) is 0. The minimum atomic E-state index is -1.09. The van der Waals surface area contributed by atoms with Gasteiger partial charge in [-0.05, 0) is 43.4 Å². The highest BCUT2D eigenvalue weighted by Crippen LogP contribution is 2.37. The molecular weight excluding hydrogens is 272 g/mol. The van der Waals surface area contributed by atoms with Crippen molar-refractivity contribution in [1.29, 1.82) is 0 Å².